The Kier molecular flexibility index (Phi) is 6.10. The van der Waals surface area contributed by atoms with Crippen molar-refractivity contribution in [1.29, 1.82) is 0 Å². The van der Waals surface area contributed by atoms with Gasteiger partial charge in [0.05, 0.1) is 25.2 Å². The van der Waals surface area contributed by atoms with Crippen LogP contribution in [0.2, 0.25) is 5.02 Å². The highest BCUT2D eigenvalue weighted by atomic mass is 35.5. The molecule has 1 aliphatic heterocycles. The molecule has 0 aromatic heterocycles. The molecule has 2 amide bonds. The van der Waals surface area contributed by atoms with Crippen LogP contribution in [0, 0.1) is 0 Å². The lowest BCUT2D eigenvalue weighted by Crippen LogP contribution is -2.34. The van der Waals surface area contributed by atoms with E-state index in [1.54, 1.807) is 18.2 Å². The minimum absolute atomic E-state index is 0.0196. The van der Waals surface area contributed by atoms with Crippen LogP contribution in [-0.2, 0) is 9.53 Å². The fourth-order valence-electron chi connectivity index (χ4n) is 2.32. The Balaban J connectivity index is 1.92. The second kappa shape index (κ2) is 8.06. The van der Waals surface area contributed by atoms with Crippen molar-refractivity contribution < 1.29 is 19.1 Å². The van der Waals surface area contributed by atoms with E-state index in [-0.39, 0.29) is 12.0 Å². The molecule has 0 aliphatic carbocycles. The van der Waals surface area contributed by atoms with Crippen LogP contribution in [0.4, 0.5) is 10.5 Å². The average Bonchev–Trinajstić information content (AvgIpc) is 2.91. The van der Waals surface area contributed by atoms with Crippen molar-refractivity contribution in [2.45, 2.75) is 32.3 Å². The van der Waals surface area contributed by atoms with E-state index in [0.717, 1.165) is 12.8 Å². The van der Waals surface area contributed by atoms with Gasteiger partial charge in [0, 0.05) is 12.1 Å². The average molecular weight is 341 g/mol. The van der Waals surface area contributed by atoms with Gasteiger partial charge in [0.25, 0.3) is 0 Å². The zero-order valence-corrected chi connectivity index (χ0v) is 14.1. The third-order valence-electron chi connectivity index (χ3n) is 3.61. The van der Waals surface area contributed by atoms with Crippen LogP contribution < -0.4 is 15.0 Å². The Morgan fingerprint density at radius 1 is 1.52 bits per heavy atom. The summed E-state index contributed by atoms with van der Waals surface area (Å²) < 4.78 is 10.4. The van der Waals surface area contributed by atoms with Crippen LogP contribution in [0.3, 0.4) is 0 Å². The van der Waals surface area contributed by atoms with Crippen molar-refractivity contribution in [3.8, 4) is 5.75 Å². The number of hydrogen-bond donors (Lipinski definition) is 1. The van der Waals surface area contributed by atoms with E-state index in [2.05, 4.69) is 5.32 Å². The molecule has 0 spiro atoms. The maximum atomic E-state index is 12.0. The van der Waals surface area contributed by atoms with E-state index < -0.39 is 6.09 Å². The summed E-state index contributed by atoms with van der Waals surface area (Å²) in [5.74, 6) is 0.525. The van der Waals surface area contributed by atoms with Gasteiger partial charge in [0.2, 0.25) is 5.91 Å². The third kappa shape index (κ3) is 4.51. The summed E-state index contributed by atoms with van der Waals surface area (Å²) in [6, 6.07) is 5.10. The van der Waals surface area contributed by atoms with Crippen molar-refractivity contribution in [1.82, 2.24) is 5.32 Å². The van der Waals surface area contributed by atoms with Crippen LogP contribution >= 0.6 is 11.6 Å². The van der Waals surface area contributed by atoms with Crippen molar-refractivity contribution in [3.63, 3.8) is 0 Å². The number of amides is 2. The van der Waals surface area contributed by atoms with Gasteiger partial charge in [-0.3, -0.25) is 9.69 Å². The van der Waals surface area contributed by atoms with Crippen molar-refractivity contribution >= 4 is 29.3 Å². The Morgan fingerprint density at radius 3 is 2.96 bits per heavy atom. The molecule has 1 atom stereocenters. The Hall–Kier alpha value is -1.95. The summed E-state index contributed by atoms with van der Waals surface area (Å²) in [7, 11) is 1.53. The summed E-state index contributed by atoms with van der Waals surface area (Å²) >= 11 is 6.08. The lowest BCUT2D eigenvalue weighted by atomic mass is 10.2. The number of anilines is 1. The quantitative estimate of drug-likeness (QED) is 0.828. The zero-order valence-electron chi connectivity index (χ0n) is 13.3. The summed E-state index contributed by atoms with van der Waals surface area (Å²) in [6.45, 7) is 2.72. The van der Waals surface area contributed by atoms with E-state index in [4.69, 9.17) is 21.1 Å². The van der Waals surface area contributed by atoms with Crippen LogP contribution in [0.1, 0.15) is 26.2 Å². The molecule has 1 aromatic carbocycles. The van der Waals surface area contributed by atoms with Crippen LogP contribution in [-0.4, -0.2) is 38.3 Å². The minimum atomic E-state index is -0.445. The van der Waals surface area contributed by atoms with Gasteiger partial charge in [-0.25, -0.2) is 4.79 Å². The first-order chi connectivity index (χ1) is 11.0. The fraction of sp³-hybridized carbons (Fsp3) is 0.500. The number of carbonyl (C=O) groups is 2. The molecule has 1 fully saturated rings. The van der Waals surface area contributed by atoms with Gasteiger partial charge in [-0.15, -0.1) is 0 Å². The molecule has 0 radical (unpaired) electrons. The van der Waals surface area contributed by atoms with Crippen molar-refractivity contribution in [3.05, 3.63) is 23.2 Å². The molecule has 1 heterocycles. The number of rotatable bonds is 7. The third-order valence-corrected chi connectivity index (χ3v) is 3.90. The normalized spacial score (nSPS) is 17.1. The smallest absolute Gasteiger partial charge is 0.414 e. The zero-order chi connectivity index (χ0) is 16.8. The largest absolute Gasteiger partial charge is 0.495 e. The maximum absolute atomic E-state index is 12.0. The van der Waals surface area contributed by atoms with Gasteiger partial charge in [-0.1, -0.05) is 24.9 Å². The molecule has 1 aliphatic rings. The molecule has 23 heavy (non-hydrogen) atoms. The first-order valence-corrected chi connectivity index (χ1v) is 8.01. The van der Waals surface area contributed by atoms with Gasteiger partial charge in [-0.2, -0.15) is 0 Å². The molecule has 2 rings (SSSR count). The number of cyclic esters (lactones) is 1. The van der Waals surface area contributed by atoms with Crippen LogP contribution in [0.15, 0.2) is 18.2 Å². The second-order valence-corrected chi connectivity index (χ2v) is 5.75. The summed E-state index contributed by atoms with van der Waals surface area (Å²) in [5.41, 5.74) is 0.639. The lowest BCUT2D eigenvalue weighted by Gasteiger charge is -2.14. The molecule has 1 N–H and O–H groups in total. The van der Waals surface area contributed by atoms with Gasteiger partial charge < -0.3 is 14.8 Å². The minimum Gasteiger partial charge on any atom is -0.495 e. The van der Waals surface area contributed by atoms with Crippen LogP contribution in [0.25, 0.3) is 0 Å². The number of unbranched alkanes of at least 4 members (excludes halogenated alkanes) is 1. The first kappa shape index (κ1) is 17.4. The molecule has 0 bridgehead atoms. The monoisotopic (exact) mass is 340 g/mol. The van der Waals surface area contributed by atoms with Gasteiger partial charge in [0.1, 0.15) is 11.9 Å². The number of methoxy groups -OCH3 is 1. The molecular weight excluding hydrogens is 320 g/mol. The number of nitrogens with zero attached hydrogens (tertiary/aromatic N) is 1. The van der Waals surface area contributed by atoms with Crippen molar-refractivity contribution in [2.75, 3.05) is 25.1 Å². The summed E-state index contributed by atoms with van der Waals surface area (Å²) in [5, 5.41) is 3.22. The van der Waals surface area contributed by atoms with E-state index in [0.29, 0.717) is 36.0 Å². The number of carbonyl (C=O) groups excluding carboxylic acids is 2. The Morgan fingerprint density at radius 2 is 2.30 bits per heavy atom. The highest BCUT2D eigenvalue weighted by Crippen LogP contribution is 2.31. The fourth-order valence-corrected chi connectivity index (χ4v) is 2.57. The first-order valence-electron chi connectivity index (χ1n) is 7.63. The summed E-state index contributed by atoms with van der Waals surface area (Å²) in [6.07, 6.45) is 1.51. The summed E-state index contributed by atoms with van der Waals surface area (Å²) in [4.78, 5) is 25.1. The Labute approximate surface area is 140 Å². The lowest BCUT2D eigenvalue weighted by molar-refractivity contribution is -0.121. The number of hydrogen-bond acceptors (Lipinski definition) is 4. The van der Waals surface area contributed by atoms with E-state index in [1.165, 1.54) is 12.0 Å². The predicted molar refractivity (Wildman–Crippen MR) is 88.2 cm³/mol. The van der Waals surface area contributed by atoms with Gasteiger partial charge in [0.15, 0.2) is 0 Å². The van der Waals surface area contributed by atoms with Crippen molar-refractivity contribution in [2.24, 2.45) is 0 Å². The standard InChI is InChI=1S/C16H21ClN2O4/c1-3-4-5-15(20)18-9-12-10-19(16(21)23-12)11-6-7-14(22-2)13(17)8-11/h6-8,12H,3-5,9-10H2,1-2H3,(H,18,20). The number of benzene rings is 1. The van der Waals surface area contributed by atoms with Crippen LogP contribution in [0.5, 0.6) is 5.75 Å². The molecule has 1 unspecified atom stereocenters. The molecule has 1 saturated heterocycles. The highest BCUT2D eigenvalue weighted by molar-refractivity contribution is 6.32. The Bertz CT molecular complexity index is 579. The maximum Gasteiger partial charge on any atom is 0.414 e. The van der Waals surface area contributed by atoms with Gasteiger partial charge in [-0.05, 0) is 24.6 Å². The SMILES string of the molecule is CCCCC(=O)NCC1CN(c2ccc(OC)c(Cl)c2)C(=O)O1. The molecule has 126 valence electrons. The predicted octanol–water partition coefficient (Wildman–Crippen LogP) is 2.98. The van der Waals surface area contributed by atoms with E-state index >= 15 is 0 Å². The molecule has 6 nitrogen and oxygen atoms in total. The number of ether oxygens (including phenoxy) is 2. The topological polar surface area (TPSA) is 67.9 Å². The van der Waals surface area contributed by atoms with Gasteiger partial charge >= 0.3 is 6.09 Å². The molecule has 0 saturated carbocycles. The second-order valence-electron chi connectivity index (χ2n) is 5.34. The highest BCUT2D eigenvalue weighted by Gasteiger charge is 2.32. The van der Waals surface area contributed by atoms with E-state index in [1.807, 2.05) is 6.92 Å². The van der Waals surface area contributed by atoms with E-state index in [9.17, 15) is 9.59 Å². The molecule has 7 heteroatoms. The molecule has 1 aromatic rings. The molecular formula is C16H21ClN2O4. The number of nitrogens with one attached hydrogen (secondary N) is 1. The number of halogens is 1.